The number of hydrogen-bond acceptors (Lipinski definition) is 27. The van der Waals surface area contributed by atoms with E-state index in [1.54, 1.807) is 41.8 Å². The van der Waals surface area contributed by atoms with Gasteiger partial charge < -0.3 is 42.9 Å². The highest BCUT2D eigenvalue weighted by atomic mass is 32.2. The molecule has 3 aromatic heterocycles. The summed E-state index contributed by atoms with van der Waals surface area (Å²) >= 11 is 3.44. The molecule has 1 unspecified atom stereocenters. The van der Waals surface area contributed by atoms with Crippen LogP contribution in [0.25, 0.3) is 32.9 Å². The number of thioether (sulfide) groups is 3. The van der Waals surface area contributed by atoms with E-state index in [1.807, 2.05) is 27.7 Å². The topological polar surface area (TPSA) is 399 Å². The predicted octanol–water partition coefficient (Wildman–Crippen LogP) is 5.49. The number of carbonyl (C=O) groups excluding carboxylic acids is 12. The van der Waals surface area contributed by atoms with Crippen molar-refractivity contribution in [2.75, 3.05) is 82.7 Å². The zero-order chi connectivity index (χ0) is 73.2. The summed E-state index contributed by atoms with van der Waals surface area (Å²) in [6.07, 6.45) is -2.25. The van der Waals surface area contributed by atoms with E-state index < -0.39 is 112 Å². The fourth-order valence-corrected chi connectivity index (χ4v) is 18.1. The number of fused-ring (bicyclic) bond motifs is 11. The van der Waals surface area contributed by atoms with Crippen molar-refractivity contribution in [2.45, 2.75) is 127 Å². The van der Waals surface area contributed by atoms with Crippen LogP contribution in [0.5, 0.6) is 0 Å². The summed E-state index contributed by atoms with van der Waals surface area (Å²) in [7, 11) is 0. The van der Waals surface area contributed by atoms with Gasteiger partial charge in [-0.1, -0.05) is 64.6 Å². The average Bonchev–Trinajstić information content (AvgIpc) is 0.926. The van der Waals surface area contributed by atoms with Gasteiger partial charge in [-0.05, 0) is 82.0 Å². The number of amides is 13. The van der Waals surface area contributed by atoms with Gasteiger partial charge in [0.2, 0.25) is 52.2 Å². The van der Waals surface area contributed by atoms with Crippen molar-refractivity contribution in [2.24, 2.45) is 16.7 Å². The van der Waals surface area contributed by atoms with Crippen molar-refractivity contribution in [3.8, 4) is 0 Å². The maximum Gasteiger partial charge on any atom is 0.328 e. The van der Waals surface area contributed by atoms with Crippen molar-refractivity contribution < 1.29 is 99.9 Å². The number of halogens is 3. The molecule has 13 amide bonds. The van der Waals surface area contributed by atoms with Crippen LogP contribution in [-0.2, 0) is 67.0 Å². The largest absolute Gasteiger partial charge is 0.376 e. The van der Waals surface area contributed by atoms with Crippen molar-refractivity contribution in [3.05, 3.63) is 58.4 Å². The Kier molecular flexibility index (Phi) is 18.6. The van der Waals surface area contributed by atoms with Crippen LogP contribution in [0.15, 0.2) is 37.8 Å². The molecule has 0 aliphatic carbocycles. The van der Waals surface area contributed by atoms with E-state index in [9.17, 15) is 61.9 Å². The van der Waals surface area contributed by atoms with Crippen LogP contribution in [0, 0.1) is 34.2 Å². The molecule has 3 aromatic carbocycles. The van der Waals surface area contributed by atoms with Crippen molar-refractivity contribution >= 4 is 166 Å². The second kappa shape index (κ2) is 27.1. The lowest BCUT2D eigenvalue weighted by Crippen LogP contribution is -2.75. The number of morpholine rings is 3. The molecule has 103 heavy (non-hydrogen) atoms. The number of barbiturate groups is 2. The number of urea groups is 2. The lowest BCUT2D eigenvalue weighted by Gasteiger charge is -2.55. The summed E-state index contributed by atoms with van der Waals surface area (Å²) in [4.78, 5) is 156. The summed E-state index contributed by atoms with van der Waals surface area (Å²) in [5.74, 6) is -6.81. The van der Waals surface area contributed by atoms with Gasteiger partial charge in [-0.25, -0.2) is 22.8 Å². The number of ether oxygens (including phenoxy) is 3. The first-order valence-corrected chi connectivity index (χ1v) is 35.9. The van der Waals surface area contributed by atoms with Crippen molar-refractivity contribution in [3.63, 3.8) is 0 Å². The maximum atomic E-state index is 16.1. The molecule has 546 valence electrons. The summed E-state index contributed by atoms with van der Waals surface area (Å²) in [5, 5.41) is 26.2. The van der Waals surface area contributed by atoms with E-state index in [4.69, 9.17) is 27.8 Å². The monoisotopic (exact) mass is 1490 g/mol. The molecule has 0 saturated carbocycles. The Morgan fingerprint density at radius 2 is 1.03 bits per heavy atom. The van der Waals surface area contributed by atoms with Gasteiger partial charge in [0, 0.05) is 76.3 Å². The van der Waals surface area contributed by atoms with Gasteiger partial charge in [0.15, 0.2) is 51.5 Å². The molecule has 9 fully saturated rings. The minimum atomic E-state index is -1.73. The van der Waals surface area contributed by atoms with E-state index >= 15 is 8.78 Å². The molecule has 9 saturated heterocycles. The smallest absolute Gasteiger partial charge is 0.328 e. The third kappa shape index (κ3) is 12.3. The third-order valence-corrected chi connectivity index (χ3v) is 22.6. The Morgan fingerprint density at radius 3 is 1.44 bits per heavy atom. The molecular formula is C65H69F3N14O18S3. The van der Waals surface area contributed by atoms with E-state index in [-0.39, 0.29) is 135 Å². The number of nitrogens with zero attached hydrogens (tertiary/aromatic N) is 8. The zero-order valence-corrected chi connectivity index (χ0v) is 58.5. The highest BCUT2D eigenvalue weighted by Crippen LogP contribution is 2.53. The van der Waals surface area contributed by atoms with Crippen LogP contribution < -0.4 is 56.4 Å². The number of imide groups is 5. The Morgan fingerprint density at radius 1 is 0.563 bits per heavy atom. The number of nitrogens with one attached hydrogen (secondary N) is 6. The molecule has 2 spiro atoms. The van der Waals surface area contributed by atoms with Crippen molar-refractivity contribution in [1.82, 2.24) is 47.4 Å². The van der Waals surface area contributed by atoms with Gasteiger partial charge in [0.05, 0.1) is 83.2 Å². The summed E-state index contributed by atoms with van der Waals surface area (Å²) in [6, 6.07) is 2.43. The van der Waals surface area contributed by atoms with Crippen LogP contribution >= 0.6 is 35.3 Å². The molecule has 11 aliphatic heterocycles. The number of ketones is 1. The number of anilines is 5. The Labute approximate surface area is 595 Å². The minimum absolute atomic E-state index is 0. The number of Topliss-reactive ketones (excluding diaryl/α,β-unsaturated/α-hetero) is 1. The van der Waals surface area contributed by atoms with Gasteiger partial charge >= 0.3 is 12.1 Å². The van der Waals surface area contributed by atoms with E-state index in [0.29, 0.717) is 53.6 Å². The van der Waals surface area contributed by atoms with E-state index in [1.165, 1.54) is 14.7 Å². The van der Waals surface area contributed by atoms with Crippen LogP contribution in [0.4, 0.5) is 66.0 Å². The number of hydrogen-bond donors (Lipinski definition) is 6. The fourth-order valence-electron chi connectivity index (χ4n) is 15.6. The van der Waals surface area contributed by atoms with Gasteiger partial charge in [-0.15, -0.1) is 0 Å². The van der Waals surface area contributed by atoms with Crippen LogP contribution in [0.3, 0.4) is 0 Å². The predicted molar refractivity (Wildman–Crippen MR) is 365 cm³/mol. The Balaban J connectivity index is 0.000000133. The fraction of sp³-hybridized carbons (Fsp3) is 0.492. The lowest BCUT2D eigenvalue weighted by molar-refractivity contribution is -0.154. The number of carbonyl (C=O) groups is 12. The standard InChI is InChI=1S/2C22H22FN5O6S.C16H12FN3O5S.C5H11NO.H2/c2*1-8-6-27-14-11(5-22(16(27)10(3)33-8)18(29)24-20(31)25-19(22)30)4-12-15(13(14)23)34-26-17(12)28-7-9(2)35-21(28)32;17-10-5-7(3-8-11(21)6-12(22)18-15(8)23)4-9-13(10)25-19-14(9)20-1-2-26-16(20)24;1-5-4-6-2-3-7-5;/h2*4,8-10,16H,5-7H2,1-3H3,(H2,24,25,29,30,31);4-5,8H,1-3,6H2,(H,18,22,23);5-6H,2-4H2,1H3;1H/t8-,9+,10+,16-;8-,9-,10+,16-;;5-;/m11.0./s1. The molecule has 0 radical (unpaired) electrons. The molecule has 11 aliphatic rings. The van der Waals surface area contributed by atoms with Gasteiger partial charge in [-0.3, -0.25) is 89.2 Å². The Hall–Kier alpha value is -9.21. The first-order valence-electron chi connectivity index (χ1n) is 33.1. The minimum Gasteiger partial charge on any atom is -0.376 e. The molecule has 10 atom stereocenters. The van der Waals surface area contributed by atoms with Gasteiger partial charge in [0.25, 0.3) is 15.7 Å². The SMILES string of the molecule is C[C@@H]1CN2c3c(cc4c(N5C[C@@H](C)SC5=O)noc4c3F)CC3(C(=O)NC(=O)NC3=O)[C@H]2[C@H](C)O1.C[C@@H]1CN2c3c(cc4c(N5C[C@H](C)SC5=O)noc4c3F)CC3(C(=O)NC(=O)NC3=O)[C@H]2[C@H](C)O1.C[C@H]1CNCCO1.O=C1CC(=O)C(Cc2cc(F)c3onc(N4CCSC4=O)c3c2)C(=O)N1.[HH]. The van der Waals surface area contributed by atoms with Gasteiger partial charge in [-0.2, -0.15) is 0 Å². The summed E-state index contributed by atoms with van der Waals surface area (Å²) in [5.41, 5.74) is -2.23. The molecule has 38 heteroatoms. The summed E-state index contributed by atoms with van der Waals surface area (Å²) < 4.78 is 79.4. The Bertz CT molecular complexity index is 4410. The van der Waals surface area contributed by atoms with Crippen LogP contribution in [0.2, 0.25) is 0 Å². The highest BCUT2D eigenvalue weighted by molar-refractivity contribution is 8.15. The first kappa shape index (κ1) is 70.8. The van der Waals surface area contributed by atoms with Crippen LogP contribution in [-0.4, -0.2) is 196 Å². The average molecular weight is 1490 g/mol. The second-order valence-electron chi connectivity index (χ2n) is 27.0. The van der Waals surface area contributed by atoms with Gasteiger partial charge in [0.1, 0.15) is 5.92 Å². The summed E-state index contributed by atoms with van der Waals surface area (Å²) in [6.45, 7) is 17.5. The number of piperidine rings is 1. The molecule has 17 rings (SSSR count). The van der Waals surface area contributed by atoms with E-state index in [0.717, 1.165) is 61.0 Å². The van der Waals surface area contributed by atoms with E-state index in [2.05, 4.69) is 54.3 Å². The maximum absolute atomic E-state index is 16.1. The quantitative estimate of drug-likeness (QED) is 0.0917. The third-order valence-electron chi connectivity index (χ3n) is 19.8. The lowest BCUT2D eigenvalue weighted by atomic mass is 9.66. The molecule has 32 nitrogen and oxygen atoms in total. The number of aromatic nitrogens is 3. The molecule has 6 aromatic rings. The highest BCUT2D eigenvalue weighted by Gasteiger charge is 2.65. The first-order chi connectivity index (χ1) is 49.1. The zero-order valence-electron chi connectivity index (χ0n) is 56.1. The normalized spacial score (nSPS) is 27.9. The molecule has 14 heterocycles. The van der Waals surface area contributed by atoms with Crippen LogP contribution in [0.1, 0.15) is 73.0 Å². The number of rotatable bonds is 5. The molecular weight excluding hydrogens is 1420 g/mol. The second-order valence-corrected chi connectivity index (χ2v) is 30.8. The molecule has 0 bridgehead atoms. The van der Waals surface area contributed by atoms with Crippen molar-refractivity contribution in [1.29, 1.82) is 0 Å². The number of benzene rings is 3. The molecule has 6 N–H and O–H groups in total.